The van der Waals surface area contributed by atoms with Gasteiger partial charge >= 0.3 is 0 Å². The average Bonchev–Trinajstić information content (AvgIpc) is 3.23. The molecule has 1 saturated carbocycles. The first-order chi connectivity index (χ1) is 9.69. The van der Waals surface area contributed by atoms with E-state index in [0.717, 1.165) is 24.0 Å². The average molecular weight is 277 g/mol. The Labute approximate surface area is 120 Å². The number of nitrogens with zero attached hydrogens (tertiary/aromatic N) is 2. The molecule has 1 aliphatic rings. The summed E-state index contributed by atoms with van der Waals surface area (Å²) in [5.41, 5.74) is 0.952. The molecule has 0 spiro atoms. The quantitative estimate of drug-likeness (QED) is 0.492. The second kappa shape index (κ2) is 7.27. The molecular weight excluding hydrogens is 253 g/mol. The van der Waals surface area contributed by atoms with Crippen molar-refractivity contribution < 1.29 is 4.39 Å². The molecule has 110 valence electrons. The monoisotopic (exact) mass is 277 g/mol. The Balaban J connectivity index is 1.77. The van der Waals surface area contributed by atoms with Crippen LogP contribution in [-0.2, 0) is 6.54 Å². The zero-order valence-electron chi connectivity index (χ0n) is 12.4. The van der Waals surface area contributed by atoms with Crippen LogP contribution in [0, 0.1) is 11.7 Å². The molecule has 0 heterocycles. The number of hydrogen-bond donors (Lipinski definition) is 1. The highest BCUT2D eigenvalue weighted by Gasteiger charge is 2.20. The normalized spacial score (nSPS) is 15.2. The molecule has 1 aromatic carbocycles. The van der Waals surface area contributed by atoms with E-state index in [9.17, 15) is 4.39 Å². The highest BCUT2D eigenvalue weighted by molar-refractivity contribution is 5.79. The van der Waals surface area contributed by atoms with Crippen molar-refractivity contribution in [2.24, 2.45) is 10.9 Å². The Morgan fingerprint density at radius 2 is 2.25 bits per heavy atom. The Kier molecular flexibility index (Phi) is 5.39. The van der Waals surface area contributed by atoms with Crippen LogP contribution in [0.4, 0.5) is 4.39 Å². The minimum atomic E-state index is -0.191. The molecule has 0 aromatic heterocycles. The summed E-state index contributed by atoms with van der Waals surface area (Å²) in [4.78, 5) is 6.30. The van der Waals surface area contributed by atoms with E-state index in [4.69, 9.17) is 0 Å². The molecule has 0 bridgehead atoms. The fourth-order valence-corrected chi connectivity index (χ4v) is 2.37. The third kappa shape index (κ3) is 4.83. The first-order valence-electron chi connectivity index (χ1n) is 7.35. The fourth-order valence-electron chi connectivity index (χ4n) is 2.37. The van der Waals surface area contributed by atoms with Gasteiger partial charge in [-0.1, -0.05) is 25.0 Å². The number of nitrogens with one attached hydrogen (secondary N) is 1. The van der Waals surface area contributed by atoms with E-state index in [1.807, 2.05) is 18.0 Å². The molecule has 0 atom stereocenters. The van der Waals surface area contributed by atoms with Crippen LogP contribution in [0.3, 0.4) is 0 Å². The summed E-state index contributed by atoms with van der Waals surface area (Å²) in [6.45, 7) is 1.61. The van der Waals surface area contributed by atoms with Gasteiger partial charge in [0.1, 0.15) is 5.82 Å². The molecule has 0 aliphatic heterocycles. The smallest absolute Gasteiger partial charge is 0.193 e. The molecule has 0 unspecified atom stereocenters. The van der Waals surface area contributed by atoms with Crippen molar-refractivity contribution in [2.45, 2.75) is 32.2 Å². The maximum absolute atomic E-state index is 13.2. The van der Waals surface area contributed by atoms with Gasteiger partial charge in [-0.2, -0.15) is 0 Å². The van der Waals surface area contributed by atoms with Crippen LogP contribution in [0.5, 0.6) is 0 Å². The SMILES string of the molecule is CN=C(NCCCC1CC1)N(C)Cc1cccc(F)c1. The van der Waals surface area contributed by atoms with E-state index in [0.29, 0.717) is 6.54 Å². The number of benzene rings is 1. The lowest BCUT2D eigenvalue weighted by atomic mass is 10.2. The van der Waals surface area contributed by atoms with Gasteiger partial charge in [0.2, 0.25) is 0 Å². The van der Waals surface area contributed by atoms with Gasteiger partial charge in [-0.15, -0.1) is 0 Å². The van der Waals surface area contributed by atoms with Crippen LogP contribution in [0.25, 0.3) is 0 Å². The summed E-state index contributed by atoms with van der Waals surface area (Å²) in [7, 11) is 3.76. The number of guanidine groups is 1. The number of halogens is 1. The van der Waals surface area contributed by atoms with E-state index in [-0.39, 0.29) is 5.82 Å². The second-order valence-electron chi connectivity index (χ2n) is 5.55. The van der Waals surface area contributed by atoms with Crippen molar-refractivity contribution in [3.63, 3.8) is 0 Å². The van der Waals surface area contributed by atoms with Crippen LogP contribution >= 0.6 is 0 Å². The third-order valence-electron chi connectivity index (χ3n) is 3.65. The second-order valence-corrected chi connectivity index (χ2v) is 5.55. The van der Waals surface area contributed by atoms with Crippen LogP contribution in [0.15, 0.2) is 29.3 Å². The van der Waals surface area contributed by atoms with Gasteiger partial charge in [0.15, 0.2) is 5.96 Å². The highest BCUT2D eigenvalue weighted by atomic mass is 19.1. The van der Waals surface area contributed by atoms with Gasteiger partial charge in [-0.3, -0.25) is 4.99 Å². The topological polar surface area (TPSA) is 27.6 Å². The fraction of sp³-hybridized carbons (Fsp3) is 0.562. The van der Waals surface area contributed by atoms with Crippen molar-refractivity contribution >= 4 is 5.96 Å². The molecule has 3 nitrogen and oxygen atoms in total. The van der Waals surface area contributed by atoms with Gasteiger partial charge in [-0.05, 0) is 36.5 Å². The number of hydrogen-bond acceptors (Lipinski definition) is 1. The first kappa shape index (κ1) is 14.8. The molecule has 1 aliphatic carbocycles. The molecular formula is C16H24FN3. The van der Waals surface area contributed by atoms with E-state index in [1.165, 1.54) is 31.7 Å². The van der Waals surface area contributed by atoms with Gasteiger partial charge in [0.05, 0.1) is 0 Å². The Morgan fingerprint density at radius 3 is 2.90 bits per heavy atom. The van der Waals surface area contributed by atoms with Crippen molar-refractivity contribution in [2.75, 3.05) is 20.6 Å². The summed E-state index contributed by atoms with van der Waals surface area (Å²) in [5.74, 6) is 1.65. The molecule has 1 fully saturated rings. The minimum absolute atomic E-state index is 0.191. The van der Waals surface area contributed by atoms with Crippen molar-refractivity contribution in [3.05, 3.63) is 35.6 Å². The Hall–Kier alpha value is -1.58. The number of rotatable bonds is 6. The predicted octanol–water partition coefficient (Wildman–Crippen LogP) is 3.02. The number of aliphatic imine (C=N–C) groups is 1. The maximum Gasteiger partial charge on any atom is 0.193 e. The molecule has 1 aromatic rings. The standard InChI is InChI=1S/C16H24FN3/c1-18-16(19-10-4-6-13-8-9-13)20(2)12-14-5-3-7-15(17)11-14/h3,5,7,11,13H,4,6,8-10,12H2,1-2H3,(H,18,19). The van der Waals surface area contributed by atoms with Crippen LogP contribution < -0.4 is 5.32 Å². The molecule has 0 amide bonds. The molecule has 0 saturated heterocycles. The van der Waals surface area contributed by atoms with Crippen LogP contribution in [0.2, 0.25) is 0 Å². The molecule has 4 heteroatoms. The largest absolute Gasteiger partial charge is 0.356 e. The van der Waals surface area contributed by atoms with Crippen molar-refractivity contribution in [1.29, 1.82) is 0 Å². The van der Waals surface area contributed by atoms with Crippen LogP contribution in [-0.4, -0.2) is 31.5 Å². The Morgan fingerprint density at radius 1 is 1.45 bits per heavy atom. The predicted molar refractivity (Wildman–Crippen MR) is 81.2 cm³/mol. The van der Waals surface area contributed by atoms with E-state index in [1.54, 1.807) is 19.2 Å². The third-order valence-corrected chi connectivity index (χ3v) is 3.65. The Bertz CT molecular complexity index is 455. The zero-order chi connectivity index (χ0) is 14.4. The minimum Gasteiger partial charge on any atom is -0.356 e. The highest BCUT2D eigenvalue weighted by Crippen LogP contribution is 2.33. The van der Waals surface area contributed by atoms with E-state index < -0.39 is 0 Å². The summed E-state index contributed by atoms with van der Waals surface area (Å²) >= 11 is 0. The van der Waals surface area contributed by atoms with E-state index >= 15 is 0 Å². The molecule has 0 radical (unpaired) electrons. The molecule has 20 heavy (non-hydrogen) atoms. The summed E-state index contributed by atoms with van der Waals surface area (Å²) in [6.07, 6.45) is 5.33. The maximum atomic E-state index is 13.2. The van der Waals surface area contributed by atoms with Gasteiger partial charge in [0, 0.05) is 27.2 Å². The summed E-state index contributed by atoms with van der Waals surface area (Å²) < 4.78 is 13.2. The van der Waals surface area contributed by atoms with Gasteiger partial charge in [0.25, 0.3) is 0 Å². The van der Waals surface area contributed by atoms with Gasteiger partial charge in [-0.25, -0.2) is 4.39 Å². The lowest BCUT2D eigenvalue weighted by Gasteiger charge is -2.22. The summed E-state index contributed by atoms with van der Waals surface area (Å²) in [5, 5.41) is 3.37. The van der Waals surface area contributed by atoms with Crippen LogP contribution in [0.1, 0.15) is 31.2 Å². The zero-order valence-corrected chi connectivity index (χ0v) is 12.4. The van der Waals surface area contributed by atoms with Crippen molar-refractivity contribution in [3.8, 4) is 0 Å². The van der Waals surface area contributed by atoms with Crippen molar-refractivity contribution in [1.82, 2.24) is 10.2 Å². The van der Waals surface area contributed by atoms with Gasteiger partial charge < -0.3 is 10.2 Å². The summed E-state index contributed by atoms with van der Waals surface area (Å²) in [6, 6.07) is 6.70. The van der Waals surface area contributed by atoms with E-state index in [2.05, 4.69) is 10.3 Å². The first-order valence-corrected chi connectivity index (χ1v) is 7.35. The molecule has 2 rings (SSSR count). The molecule has 1 N–H and O–H groups in total. The lowest BCUT2D eigenvalue weighted by Crippen LogP contribution is -2.38. The lowest BCUT2D eigenvalue weighted by molar-refractivity contribution is 0.472.